The van der Waals surface area contributed by atoms with Gasteiger partial charge >= 0.3 is 12.0 Å². The standard InChI is InChI=1S/C10H20N2O4/c1-4-8(7-9(13)16-3)12-10(14)11-5-6-15-2/h8H,4-7H2,1-3H3,(H2,11,12,14). The van der Waals surface area contributed by atoms with Gasteiger partial charge in [0.2, 0.25) is 0 Å². The molecule has 0 spiro atoms. The molecule has 0 saturated heterocycles. The fourth-order valence-electron chi connectivity index (χ4n) is 1.08. The summed E-state index contributed by atoms with van der Waals surface area (Å²) in [6, 6.07) is -0.497. The first-order valence-electron chi connectivity index (χ1n) is 5.24. The molecule has 0 fully saturated rings. The van der Waals surface area contributed by atoms with Gasteiger partial charge in [-0.2, -0.15) is 0 Å². The summed E-state index contributed by atoms with van der Waals surface area (Å²) in [4.78, 5) is 22.3. The molecular formula is C10H20N2O4. The number of carbonyl (C=O) groups is 2. The maximum Gasteiger partial charge on any atom is 0.315 e. The van der Waals surface area contributed by atoms with Crippen molar-refractivity contribution in [3.05, 3.63) is 0 Å². The van der Waals surface area contributed by atoms with Gasteiger partial charge in [-0.05, 0) is 6.42 Å². The molecule has 0 aliphatic carbocycles. The molecule has 0 rings (SSSR count). The van der Waals surface area contributed by atoms with E-state index in [1.165, 1.54) is 7.11 Å². The molecule has 94 valence electrons. The summed E-state index contributed by atoms with van der Waals surface area (Å²) in [5.41, 5.74) is 0. The van der Waals surface area contributed by atoms with Crippen LogP contribution in [0.3, 0.4) is 0 Å². The first-order chi connectivity index (χ1) is 7.63. The van der Waals surface area contributed by atoms with Crippen LogP contribution < -0.4 is 10.6 Å². The van der Waals surface area contributed by atoms with E-state index >= 15 is 0 Å². The lowest BCUT2D eigenvalue weighted by atomic mass is 10.1. The van der Waals surface area contributed by atoms with Gasteiger partial charge in [0.15, 0.2) is 0 Å². The zero-order valence-electron chi connectivity index (χ0n) is 10.0. The van der Waals surface area contributed by atoms with E-state index in [-0.39, 0.29) is 24.5 Å². The van der Waals surface area contributed by atoms with Gasteiger partial charge in [0.05, 0.1) is 20.1 Å². The Hall–Kier alpha value is -1.30. The van der Waals surface area contributed by atoms with Crippen LogP contribution in [-0.2, 0) is 14.3 Å². The SMILES string of the molecule is CCC(CC(=O)OC)NC(=O)NCCOC. The minimum absolute atomic E-state index is 0.185. The van der Waals surface area contributed by atoms with Crippen LogP contribution in [0.15, 0.2) is 0 Å². The first-order valence-corrected chi connectivity index (χ1v) is 5.24. The van der Waals surface area contributed by atoms with E-state index in [9.17, 15) is 9.59 Å². The molecule has 6 heteroatoms. The highest BCUT2D eigenvalue weighted by Gasteiger charge is 2.14. The normalized spacial score (nSPS) is 11.7. The Balaban J connectivity index is 3.83. The molecule has 0 saturated carbocycles. The minimum atomic E-state index is -0.330. The zero-order chi connectivity index (χ0) is 12.4. The Labute approximate surface area is 95.7 Å². The molecule has 0 aromatic rings. The maximum atomic E-state index is 11.3. The molecule has 1 unspecified atom stereocenters. The number of carbonyl (C=O) groups excluding carboxylic acids is 2. The highest BCUT2D eigenvalue weighted by atomic mass is 16.5. The molecule has 0 radical (unpaired) electrons. The third-order valence-corrected chi connectivity index (χ3v) is 2.06. The molecule has 1 atom stereocenters. The van der Waals surface area contributed by atoms with Gasteiger partial charge in [0, 0.05) is 19.7 Å². The lowest BCUT2D eigenvalue weighted by molar-refractivity contribution is -0.141. The topological polar surface area (TPSA) is 76.7 Å². The zero-order valence-corrected chi connectivity index (χ0v) is 10.0. The predicted molar refractivity (Wildman–Crippen MR) is 59.1 cm³/mol. The van der Waals surface area contributed by atoms with Crippen LogP contribution in [0.25, 0.3) is 0 Å². The van der Waals surface area contributed by atoms with Crippen molar-refractivity contribution in [2.24, 2.45) is 0 Å². The smallest absolute Gasteiger partial charge is 0.315 e. The Kier molecular flexibility index (Phi) is 8.24. The van der Waals surface area contributed by atoms with Gasteiger partial charge in [-0.1, -0.05) is 6.92 Å². The van der Waals surface area contributed by atoms with Gasteiger partial charge in [-0.15, -0.1) is 0 Å². The monoisotopic (exact) mass is 232 g/mol. The fourth-order valence-corrected chi connectivity index (χ4v) is 1.08. The van der Waals surface area contributed by atoms with E-state index in [1.807, 2.05) is 6.92 Å². The van der Waals surface area contributed by atoms with Crippen molar-refractivity contribution in [1.29, 1.82) is 0 Å². The van der Waals surface area contributed by atoms with Gasteiger partial charge in [0.1, 0.15) is 0 Å². The van der Waals surface area contributed by atoms with Crippen LogP contribution in [-0.4, -0.2) is 45.4 Å². The number of esters is 1. The summed E-state index contributed by atoms with van der Waals surface area (Å²) in [7, 11) is 2.89. The summed E-state index contributed by atoms with van der Waals surface area (Å²) >= 11 is 0. The summed E-state index contributed by atoms with van der Waals surface area (Å²) < 4.78 is 9.32. The average molecular weight is 232 g/mol. The number of nitrogens with one attached hydrogen (secondary N) is 2. The lowest BCUT2D eigenvalue weighted by Gasteiger charge is -2.16. The summed E-state index contributed by atoms with van der Waals surface area (Å²) in [5, 5.41) is 5.30. The molecule has 6 nitrogen and oxygen atoms in total. The minimum Gasteiger partial charge on any atom is -0.469 e. The van der Waals surface area contributed by atoms with Crippen molar-refractivity contribution in [2.45, 2.75) is 25.8 Å². The van der Waals surface area contributed by atoms with E-state index in [4.69, 9.17) is 4.74 Å². The number of amides is 2. The number of rotatable bonds is 7. The number of urea groups is 1. The van der Waals surface area contributed by atoms with Gasteiger partial charge in [0.25, 0.3) is 0 Å². The second-order valence-electron chi connectivity index (χ2n) is 3.28. The van der Waals surface area contributed by atoms with E-state index in [2.05, 4.69) is 15.4 Å². The summed E-state index contributed by atoms with van der Waals surface area (Å²) in [5.74, 6) is -0.330. The van der Waals surface area contributed by atoms with Crippen LogP contribution >= 0.6 is 0 Å². The second-order valence-corrected chi connectivity index (χ2v) is 3.28. The van der Waals surface area contributed by atoms with Crippen molar-refractivity contribution >= 4 is 12.0 Å². The van der Waals surface area contributed by atoms with E-state index in [0.29, 0.717) is 19.6 Å². The van der Waals surface area contributed by atoms with E-state index in [1.54, 1.807) is 7.11 Å². The van der Waals surface area contributed by atoms with Gasteiger partial charge in [-0.25, -0.2) is 4.79 Å². The van der Waals surface area contributed by atoms with E-state index in [0.717, 1.165) is 0 Å². The molecule has 2 N–H and O–H groups in total. The molecule has 16 heavy (non-hydrogen) atoms. The van der Waals surface area contributed by atoms with Crippen molar-refractivity contribution in [3.8, 4) is 0 Å². The predicted octanol–water partition coefficient (Wildman–Crippen LogP) is 0.274. The number of hydrogen-bond donors (Lipinski definition) is 2. The maximum absolute atomic E-state index is 11.3. The Bertz CT molecular complexity index is 221. The average Bonchev–Trinajstić information content (AvgIpc) is 2.28. The van der Waals surface area contributed by atoms with Crippen molar-refractivity contribution in [1.82, 2.24) is 10.6 Å². The van der Waals surface area contributed by atoms with Crippen molar-refractivity contribution < 1.29 is 19.1 Å². The van der Waals surface area contributed by atoms with Crippen LogP contribution in [0.1, 0.15) is 19.8 Å². The molecule has 2 amide bonds. The number of ether oxygens (including phenoxy) is 2. The van der Waals surface area contributed by atoms with Gasteiger partial charge < -0.3 is 20.1 Å². The van der Waals surface area contributed by atoms with Crippen LogP contribution in [0, 0.1) is 0 Å². The highest BCUT2D eigenvalue weighted by Crippen LogP contribution is 1.98. The number of hydrogen-bond acceptors (Lipinski definition) is 4. The fraction of sp³-hybridized carbons (Fsp3) is 0.800. The summed E-state index contributed by atoms with van der Waals surface area (Å²) in [6.45, 7) is 2.79. The summed E-state index contributed by atoms with van der Waals surface area (Å²) in [6.07, 6.45) is 0.859. The molecule has 0 aliphatic rings. The van der Waals surface area contributed by atoms with E-state index < -0.39 is 0 Å². The Morgan fingerprint density at radius 2 is 2.00 bits per heavy atom. The van der Waals surface area contributed by atoms with Crippen LogP contribution in [0.4, 0.5) is 4.79 Å². The molecule has 0 aromatic heterocycles. The first kappa shape index (κ1) is 14.7. The van der Waals surface area contributed by atoms with Crippen molar-refractivity contribution in [2.75, 3.05) is 27.4 Å². The Morgan fingerprint density at radius 3 is 2.50 bits per heavy atom. The third-order valence-electron chi connectivity index (χ3n) is 2.06. The second kappa shape index (κ2) is 8.96. The molecule has 0 aromatic carbocycles. The molecular weight excluding hydrogens is 212 g/mol. The quantitative estimate of drug-likeness (QED) is 0.488. The van der Waals surface area contributed by atoms with Crippen LogP contribution in [0.2, 0.25) is 0 Å². The molecule has 0 aliphatic heterocycles. The third kappa shape index (κ3) is 7.05. The van der Waals surface area contributed by atoms with Crippen molar-refractivity contribution in [3.63, 3.8) is 0 Å². The lowest BCUT2D eigenvalue weighted by Crippen LogP contribution is -2.43. The molecule has 0 bridgehead atoms. The largest absolute Gasteiger partial charge is 0.469 e. The highest BCUT2D eigenvalue weighted by molar-refractivity contribution is 5.76. The van der Waals surface area contributed by atoms with Gasteiger partial charge in [-0.3, -0.25) is 4.79 Å². The molecule has 0 heterocycles. The Morgan fingerprint density at radius 1 is 1.31 bits per heavy atom. The van der Waals surface area contributed by atoms with Crippen LogP contribution in [0.5, 0.6) is 0 Å². The number of methoxy groups -OCH3 is 2.